The maximum Gasteiger partial charge on any atom is 0.325 e. The number of aromatic amines is 2. The van der Waals surface area contributed by atoms with E-state index in [1.165, 1.54) is 0 Å². The topological polar surface area (TPSA) is 94.9 Å². The SMILES string of the molecule is NCCc1[nH]c(=O)[nH]c1O. The molecule has 5 heteroatoms. The summed E-state index contributed by atoms with van der Waals surface area (Å²) in [6.45, 7) is 0.404. The Labute approximate surface area is 56.9 Å². The number of rotatable bonds is 2. The monoisotopic (exact) mass is 143 g/mol. The molecule has 1 aromatic heterocycles. The highest BCUT2D eigenvalue weighted by molar-refractivity contribution is 5.15. The third kappa shape index (κ3) is 1.19. The lowest BCUT2D eigenvalue weighted by molar-refractivity contribution is 0.448. The van der Waals surface area contributed by atoms with Crippen LogP contribution in [0.1, 0.15) is 5.69 Å². The molecule has 1 heterocycles. The lowest BCUT2D eigenvalue weighted by Crippen LogP contribution is -2.05. The molecule has 1 aromatic rings. The van der Waals surface area contributed by atoms with Gasteiger partial charge in [0, 0.05) is 6.42 Å². The Hall–Kier alpha value is -1.23. The van der Waals surface area contributed by atoms with Gasteiger partial charge in [-0.1, -0.05) is 0 Å². The van der Waals surface area contributed by atoms with Crippen LogP contribution in [0, 0.1) is 0 Å². The van der Waals surface area contributed by atoms with E-state index in [4.69, 9.17) is 10.8 Å². The summed E-state index contributed by atoms with van der Waals surface area (Å²) in [7, 11) is 0. The van der Waals surface area contributed by atoms with E-state index in [1.54, 1.807) is 0 Å². The molecule has 0 aliphatic carbocycles. The number of hydrogen-bond donors (Lipinski definition) is 4. The molecule has 0 aromatic carbocycles. The smallest absolute Gasteiger partial charge is 0.325 e. The zero-order valence-corrected chi connectivity index (χ0v) is 5.35. The molecule has 5 nitrogen and oxygen atoms in total. The van der Waals surface area contributed by atoms with Gasteiger partial charge in [-0.2, -0.15) is 0 Å². The average molecular weight is 143 g/mol. The van der Waals surface area contributed by atoms with Crippen LogP contribution < -0.4 is 11.4 Å². The standard InChI is InChI=1S/C5H9N3O2/c6-2-1-3-4(9)8-5(10)7-3/h9H,1-2,6H2,(H2,7,8,10). The largest absolute Gasteiger partial charge is 0.493 e. The number of hydrogen-bond acceptors (Lipinski definition) is 3. The number of imidazole rings is 1. The molecule has 0 bridgehead atoms. The average Bonchev–Trinajstić information content (AvgIpc) is 2.13. The number of nitrogens with two attached hydrogens (primary N) is 1. The number of H-pyrrole nitrogens is 2. The molecule has 0 fully saturated rings. The highest BCUT2D eigenvalue weighted by Crippen LogP contribution is 2.05. The summed E-state index contributed by atoms with van der Waals surface area (Å²) in [5, 5.41) is 8.92. The first-order valence-electron chi connectivity index (χ1n) is 2.94. The van der Waals surface area contributed by atoms with Crippen LogP contribution in [-0.4, -0.2) is 21.6 Å². The molecule has 10 heavy (non-hydrogen) atoms. The van der Waals surface area contributed by atoms with Crippen molar-refractivity contribution in [2.24, 2.45) is 5.73 Å². The Morgan fingerprint density at radius 1 is 1.50 bits per heavy atom. The molecular weight excluding hydrogens is 134 g/mol. The van der Waals surface area contributed by atoms with Crippen molar-refractivity contribution in [1.29, 1.82) is 0 Å². The molecule has 0 spiro atoms. The van der Waals surface area contributed by atoms with Crippen LogP contribution in [0.3, 0.4) is 0 Å². The van der Waals surface area contributed by atoms with Crippen molar-refractivity contribution in [1.82, 2.24) is 9.97 Å². The Bertz CT molecular complexity index is 262. The van der Waals surface area contributed by atoms with E-state index in [2.05, 4.69) is 9.97 Å². The van der Waals surface area contributed by atoms with Crippen LogP contribution in [0.15, 0.2) is 4.79 Å². The highest BCUT2D eigenvalue weighted by Gasteiger charge is 2.02. The fourth-order valence-corrected chi connectivity index (χ4v) is 0.736. The van der Waals surface area contributed by atoms with E-state index < -0.39 is 5.69 Å². The summed E-state index contributed by atoms with van der Waals surface area (Å²) in [5.41, 5.74) is 5.26. The van der Waals surface area contributed by atoms with Crippen molar-refractivity contribution in [2.45, 2.75) is 6.42 Å². The molecule has 0 aliphatic heterocycles. The van der Waals surface area contributed by atoms with Crippen LogP contribution in [0.5, 0.6) is 5.88 Å². The summed E-state index contributed by atoms with van der Waals surface area (Å²) in [5.74, 6) is -0.115. The van der Waals surface area contributed by atoms with E-state index in [0.717, 1.165) is 0 Å². The lowest BCUT2D eigenvalue weighted by Gasteiger charge is -1.90. The van der Waals surface area contributed by atoms with Crippen LogP contribution in [-0.2, 0) is 6.42 Å². The maximum atomic E-state index is 10.5. The third-order valence-electron chi connectivity index (χ3n) is 1.18. The minimum Gasteiger partial charge on any atom is -0.493 e. The van der Waals surface area contributed by atoms with Crippen molar-refractivity contribution in [2.75, 3.05) is 6.54 Å². The minimum absolute atomic E-state index is 0.115. The summed E-state index contributed by atoms with van der Waals surface area (Å²) in [6.07, 6.45) is 0.477. The van der Waals surface area contributed by atoms with Gasteiger partial charge in [0.05, 0.1) is 5.69 Å². The van der Waals surface area contributed by atoms with E-state index in [9.17, 15) is 4.79 Å². The number of aromatic hydroxyl groups is 1. The predicted octanol–water partition coefficient (Wildman–Crippen LogP) is -1.09. The van der Waals surface area contributed by atoms with Crippen LogP contribution >= 0.6 is 0 Å². The highest BCUT2D eigenvalue weighted by atomic mass is 16.3. The fourth-order valence-electron chi connectivity index (χ4n) is 0.736. The summed E-state index contributed by atoms with van der Waals surface area (Å²) < 4.78 is 0. The molecule has 56 valence electrons. The van der Waals surface area contributed by atoms with Gasteiger partial charge < -0.3 is 15.8 Å². The van der Waals surface area contributed by atoms with Gasteiger partial charge in [-0.3, -0.25) is 4.98 Å². The van der Waals surface area contributed by atoms with E-state index in [1.807, 2.05) is 0 Å². The molecule has 0 atom stereocenters. The quantitative estimate of drug-likeness (QED) is 0.423. The zero-order chi connectivity index (χ0) is 7.56. The number of nitrogens with one attached hydrogen (secondary N) is 2. The lowest BCUT2D eigenvalue weighted by atomic mass is 10.3. The molecule has 0 saturated heterocycles. The Morgan fingerprint density at radius 3 is 2.60 bits per heavy atom. The van der Waals surface area contributed by atoms with E-state index in [0.29, 0.717) is 18.7 Å². The van der Waals surface area contributed by atoms with Crippen molar-refractivity contribution in [3.05, 3.63) is 16.2 Å². The molecule has 0 radical (unpaired) electrons. The third-order valence-corrected chi connectivity index (χ3v) is 1.18. The van der Waals surface area contributed by atoms with Gasteiger partial charge in [-0.05, 0) is 6.54 Å². The van der Waals surface area contributed by atoms with Crippen molar-refractivity contribution >= 4 is 0 Å². The first-order chi connectivity index (χ1) is 4.74. The molecular formula is C5H9N3O2. The summed E-state index contributed by atoms with van der Waals surface area (Å²) in [4.78, 5) is 15.1. The molecule has 1 rings (SSSR count). The van der Waals surface area contributed by atoms with Gasteiger partial charge in [0.2, 0.25) is 5.88 Å². The fraction of sp³-hybridized carbons (Fsp3) is 0.400. The van der Waals surface area contributed by atoms with Gasteiger partial charge in [-0.15, -0.1) is 0 Å². The molecule has 0 amide bonds. The van der Waals surface area contributed by atoms with Crippen molar-refractivity contribution < 1.29 is 5.11 Å². The summed E-state index contributed by atoms with van der Waals surface area (Å²) in [6, 6.07) is 0. The van der Waals surface area contributed by atoms with Gasteiger partial charge in [-0.25, -0.2) is 4.79 Å². The molecule has 0 unspecified atom stereocenters. The normalized spacial score (nSPS) is 10.1. The van der Waals surface area contributed by atoms with Crippen LogP contribution in [0.25, 0.3) is 0 Å². The number of aromatic nitrogens is 2. The first-order valence-corrected chi connectivity index (χ1v) is 2.94. The summed E-state index contributed by atoms with van der Waals surface area (Å²) >= 11 is 0. The zero-order valence-electron chi connectivity index (χ0n) is 5.35. The molecule has 5 N–H and O–H groups in total. The van der Waals surface area contributed by atoms with Gasteiger partial charge in [0.1, 0.15) is 0 Å². The Kier molecular flexibility index (Phi) is 1.77. The first kappa shape index (κ1) is 6.88. The van der Waals surface area contributed by atoms with Crippen LogP contribution in [0.4, 0.5) is 0 Å². The second-order valence-electron chi connectivity index (χ2n) is 1.94. The minimum atomic E-state index is -0.402. The van der Waals surface area contributed by atoms with Gasteiger partial charge in [0.15, 0.2) is 0 Å². The van der Waals surface area contributed by atoms with Crippen LogP contribution in [0.2, 0.25) is 0 Å². The molecule has 0 aliphatic rings. The van der Waals surface area contributed by atoms with Crippen molar-refractivity contribution in [3.8, 4) is 5.88 Å². The second-order valence-corrected chi connectivity index (χ2v) is 1.94. The maximum absolute atomic E-state index is 10.5. The second kappa shape index (κ2) is 2.57. The van der Waals surface area contributed by atoms with Gasteiger partial charge >= 0.3 is 5.69 Å². The van der Waals surface area contributed by atoms with Crippen molar-refractivity contribution in [3.63, 3.8) is 0 Å². The van der Waals surface area contributed by atoms with E-state index >= 15 is 0 Å². The van der Waals surface area contributed by atoms with Gasteiger partial charge in [0.25, 0.3) is 0 Å². The Balaban J connectivity index is 2.92. The molecule has 0 saturated carbocycles. The predicted molar refractivity (Wildman–Crippen MR) is 35.8 cm³/mol. The Morgan fingerprint density at radius 2 is 2.20 bits per heavy atom. The van der Waals surface area contributed by atoms with E-state index in [-0.39, 0.29) is 5.88 Å².